The number of fused-ring (bicyclic) bond motifs is 1. The fourth-order valence-corrected chi connectivity index (χ4v) is 14.4. The molecule has 4 unspecified atom stereocenters. The lowest BCUT2D eigenvalue weighted by atomic mass is 9.88. The molecule has 0 saturated carbocycles. The molecular weight excluding hydrogens is 1390 g/mol. The summed E-state index contributed by atoms with van der Waals surface area (Å²) in [4.78, 5) is 186. The van der Waals surface area contributed by atoms with E-state index in [2.05, 4.69) is 47.5 Å². The van der Waals surface area contributed by atoms with E-state index in [-0.39, 0.29) is 96.3 Å². The number of nitrogens with zero attached hydrogens (tertiary/aromatic N) is 3. The minimum Gasteiger partial charge on any atom is -0.508 e. The molecule has 6 rings (SSSR count). The van der Waals surface area contributed by atoms with Crippen molar-refractivity contribution in [3.05, 3.63) is 102 Å². The summed E-state index contributed by atoms with van der Waals surface area (Å²) in [6.45, 7) is -0.727. The van der Waals surface area contributed by atoms with Gasteiger partial charge in [-0.3, -0.25) is 72.2 Å². The molecule has 0 bridgehead atoms. The van der Waals surface area contributed by atoms with Crippen molar-refractivity contribution in [3.8, 4) is 5.75 Å². The molecule has 34 nitrogen and oxygen atoms in total. The van der Waals surface area contributed by atoms with Gasteiger partial charge in [-0.15, -0.1) is 0 Å². The summed E-state index contributed by atoms with van der Waals surface area (Å²) in [7, 11) is 1.62. The number of aliphatic carboxylic acids is 5. The van der Waals surface area contributed by atoms with E-state index in [4.69, 9.17) is 5.73 Å². The number of aromatic hydroxyl groups is 1. The van der Waals surface area contributed by atoms with Gasteiger partial charge in [-0.1, -0.05) is 88.7 Å². The van der Waals surface area contributed by atoms with Crippen molar-refractivity contribution < 1.29 is 103 Å². The number of unbranched alkanes of at least 4 members (excludes halogenated alkanes) is 2. The zero-order chi connectivity index (χ0) is 75.5. The molecule has 36 heteroatoms. The standard InChI is InChI=1S/C67H91N13O21S2/c1-38(81)57-65(99)75-51(64(98)77-58(39(2)82)66(100)101)35-103-102-34-50(63(97)72-48(27-41-18-20-43(83)21-19-41)61(95)73-49(28-42-29-69-45-15-7-6-14-44(42)45)62(96)71-46(59(93)76-57)16-9-11-23-68)74-60(94)47(26-40-12-4-3-5-13-40)70-52(84)17-8-10-22-67(80(32-55(89)90)33-56(91)92)36-78(30-53(85)86)24-25-79(37-67)31-54(87)88/h3-7,12-15,18-21,29,38-39,46-51,57-58,69,81-83H,8-11,16-17,22-28,30-37,68H2,1-2H3,(H,70,84)(H,71,96)(H,72,97)(H,73,95)(H,74,94)(H,75,99)(H,76,93)(H,77,98)(H,85,86)(H,87,88)(H,89,90)(H,91,92)(H,100,101)/t38?,39?,46-,47+,48-,49+,50-,51-,57?,58?/m0/s1. The molecular formula is C67H91N13O21S2. The van der Waals surface area contributed by atoms with Crippen LogP contribution in [-0.4, -0.2) is 274 Å². The highest BCUT2D eigenvalue weighted by atomic mass is 33.1. The molecule has 2 aliphatic heterocycles. The number of aliphatic hydroxyl groups excluding tert-OH is 2. The van der Waals surface area contributed by atoms with Gasteiger partial charge in [-0.25, -0.2) is 4.79 Å². The van der Waals surface area contributed by atoms with Crippen LogP contribution in [0.1, 0.15) is 75.5 Å². The summed E-state index contributed by atoms with van der Waals surface area (Å²) in [6, 6.07) is 7.61. The molecule has 2 fully saturated rings. The van der Waals surface area contributed by atoms with Gasteiger partial charge < -0.3 is 94.1 Å². The van der Waals surface area contributed by atoms with Crippen molar-refractivity contribution in [2.75, 3.05) is 70.4 Å². The first-order chi connectivity index (χ1) is 48.9. The van der Waals surface area contributed by atoms with E-state index in [0.717, 1.165) is 40.3 Å². The third-order valence-corrected chi connectivity index (χ3v) is 19.7. The van der Waals surface area contributed by atoms with Gasteiger partial charge in [0.15, 0.2) is 6.04 Å². The van der Waals surface area contributed by atoms with E-state index in [9.17, 15) is 88.8 Å². The molecule has 0 spiro atoms. The van der Waals surface area contributed by atoms with Gasteiger partial charge in [-0.2, -0.15) is 0 Å². The van der Waals surface area contributed by atoms with E-state index in [0.29, 0.717) is 34.0 Å². The van der Waals surface area contributed by atoms with Gasteiger partial charge in [0, 0.05) is 86.0 Å². The van der Waals surface area contributed by atoms with Crippen molar-refractivity contribution in [2.45, 2.75) is 144 Å². The lowest BCUT2D eigenvalue weighted by Crippen LogP contribution is -2.62. The quantitative estimate of drug-likeness (QED) is 0.0181. The average Bonchev–Trinajstić information content (AvgIpc) is 1.76. The highest BCUT2D eigenvalue weighted by Crippen LogP contribution is 2.30. The second-order valence-electron chi connectivity index (χ2n) is 25.5. The molecule has 19 N–H and O–H groups in total. The Morgan fingerprint density at radius 2 is 1.22 bits per heavy atom. The van der Waals surface area contributed by atoms with Crippen molar-refractivity contribution in [1.29, 1.82) is 0 Å². The van der Waals surface area contributed by atoms with Crippen LogP contribution in [0.2, 0.25) is 0 Å². The predicted octanol–water partition coefficient (Wildman–Crippen LogP) is -2.29. The molecule has 3 aromatic carbocycles. The van der Waals surface area contributed by atoms with Gasteiger partial charge in [0.05, 0.1) is 38.4 Å². The number of carboxylic acids is 5. The summed E-state index contributed by atoms with van der Waals surface area (Å²) in [6.07, 6.45) is -2.40. The number of rotatable bonds is 32. The summed E-state index contributed by atoms with van der Waals surface area (Å²) in [5, 5.41) is 103. The Morgan fingerprint density at radius 1 is 0.641 bits per heavy atom. The minimum atomic E-state index is -1.92. The zero-order valence-electron chi connectivity index (χ0n) is 56.8. The number of phenolic OH excluding ortho intramolecular Hbond substituents is 1. The Balaban J connectivity index is 1.39. The van der Waals surface area contributed by atoms with Crippen molar-refractivity contribution in [2.24, 2.45) is 5.73 Å². The number of nitrogens with two attached hydrogens (primary N) is 1. The van der Waals surface area contributed by atoms with Crippen LogP contribution in [0, 0.1) is 0 Å². The van der Waals surface area contributed by atoms with E-state index in [1.54, 1.807) is 60.8 Å². The van der Waals surface area contributed by atoms with Crippen molar-refractivity contribution >= 4 is 110 Å². The monoisotopic (exact) mass is 1480 g/mol. The smallest absolute Gasteiger partial charge is 0.328 e. The summed E-state index contributed by atoms with van der Waals surface area (Å²) < 4.78 is 0. The van der Waals surface area contributed by atoms with Crippen molar-refractivity contribution in [1.82, 2.24) is 62.2 Å². The Hall–Kier alpha value is -9.43. The van der Waals surface area contributed by atoms with Crippen LogP contribution in [0.5, 0.6) is 5.75 Å². The second-order valence-corrected chi connectivity index (χ2v) is 28.0. The average molecular weight is 1480 g/mol. The lowest BCUT2D eigenvalue weighted by Gasteiger charge is -2.45. The lowest BCUT2D eigenvalue weighted by molar-refractivity contribution is -0.148. The normalized spacial score (nSPS) is 21.1. The maximum absolute atomic E-state index is 15.3. The van der Waals surface area contributed by atoms with E-state index >= 15 is 14.4 Å². The third-order valence-electron chi connectivity index (χ3n) is 17.3. The Kier molecular flexibility index (Phi) is 32.4. The maximum atomic E-state index is 15.3. The third kappa shape index (κ3) is 26.4. The number of aromatic nitrogens is 1. The van der Waals surface area contributed by atoms with Crippen LogP contribution >= 0.6 is 21.6 Å². The largest absolute Gasteiger partial charge is 0.508 e. The number of hydrogen-bond donors (Lipinski definition) is 18. The first kappa shape index (κ1) is 82.5. The number of para-hydroxylation sites is 1. The summed E-state index contributed by atoms with van der Waals surface area (Å²) >= 11 is 0. The van der Waals surface area contributed by atoms with Crippen LogP contribution in [0.15, 0.2) is 85.1 Å². The van der Waals surface area contributed by atoms with Gasteiger partial charge in [0.25, 0.3) is 0 Å². The number of aliphatic hydroxyl groups is 2. The summed E-state index contributed by atoms with van der Waals surface area (Å²) in [5.41, 5.74) is 6.40. The molecule has 2 aliphatic rings. The Morgan fingerprint density at radius 3 is 1.82 bits per heavy atom. The number of benzene rings is 3. The van der Waals surface area contributed by atoms with Crippen LogP contribution in [0.4, 0.5) is 0 Å². The van der Waals surface area contributed by atoms with Gasteiger partial charge in [0.1, 0.15) is 48.0 Å². The molecule has 1 aromatic heterocycles. The van der Waals surface area contributed by atoms with Crippen LogP contribution in [0.25, 0.3) is 10.9 Å². The topological polar surface area (TPSA) is 532 Å². The van der Waals surface area contributed by atoms with Gasteiger partial charge in [-0.05, 0) is 87.4 Å². The number of amides is 8. The number of carbonyl (C=O) groups excluding carboxylic acids is 8. The molecule has 103 heavy (non-hydrogen) atoms. The molecule has 0 aliphatic carbocycles. The van der Waals surface area contributed by atoms with Gasteiger partial charge in [0.2, 0.25) is 47.3 Å². The highest BCUT2D eigenvalue weighted by molar-refractivity contribution is 8.76. The fourth-order valence-electron chi connectivity index (χ4n) is 12.1. The molecule has 0 radical (unpaired) electrons. The first-order valence-corrected chi connectivity index (χ1v) is 35.8. The molecule has 562 valence electrons. The van der Waals surface area contributed by atoms with Gasteiger partial charge >= 0.3 is 29.8 Å². The minimum absolute atomic E-state index is 0.00800. The van der Waals surface area contributed by atoms with Crippen molar-refractivity contribution in [3.63, 3.8) is 0 Å². The maximum Gasteiger partial charge on any atom is 0.328 e. The van der Waals surface area contributed by atoms with E-state index in [1.807, 2.05) is 0 Å². The fraction of sp³-hybridized carbons (Fsp3) is 0.507. The van der Waals surface area contributed by atoms with Crippen LogP contribution in [0.3, 0.4) is 0 Å². The SMILES string of the molecule is CC(O)C(NC(=O)[C@@H]1CSSC[C@H](NC(=O)[C@@H](Cc2ccccc2)NC(=O)CCCCC2(N(CC(=O)O)CC(=O)O)CN(CC(=O)O)CCN(CC(=O)O)C2)C(=O)N[C@@H](Cc2ccc(O)cc2)C(=O)N[C@H](Cc2c[nH]c3ccccc23)C(=O)N[C@@H](CCCCN)C(=O)NC(C(C)O)C(=O)N1)C(=O)O. The van der Waals surface area contributed by atoms with Crippen LogP contribution in [-0.2, 0) is 81.6 Å². The second kappa shape index (κ2) is 40.4. The molecule has 4 aromatic rings. The molecule has 10 atom stereocenters. The predicted molar refractivity (Wildman–Crippen MR) is 374 cm³/mol. The number of aromatic amines is 1. The number of carboxylic acid groups (broad SMARTS) is 5. The molecule has 8 amide bonds. The number of phenols is 1. The molecule has 2 saturated heterocycles. The first-order valence-electron chi connectivity index (χ1n) is 33.3. The Bertz CT molecular complexity index is 3570. The van der Waals surface area contributed by atoms with Crippen LogP contribution < -0.4 is 48.3 Å². The highest BCUT2D eigenvalue weighted by Gasteiger charge is 2.45. The number of H-pyrrole nitrogens is 1. The molecule has 3 heterocycles. The number of hydrogen-bond acceptors (Lipinski definition) is 22. The zero-order valence-corrected chi connectivity index (χ0v) is 58.5. The Labute approximate surface area is 600 Å². The van der Waals surface area contributed by atoms with E-state index < -0.39 is 181 Å². The van der Waals surface area contributed by atoms with E-state index in [1.165, 1.54) is 34.1 Å². The summed E-state index contributed by atoms with van der Waals surface area (Å²) in [5.74, 6) is -16.1. The number of nitrogens with one attached hydrogen (secondary N) is 9. The number of carbonyl (C=O) groups is 13.